The summed E-state index contributed by atoms with van der Waals surface area (Å²) >= 11 is 0. The topological polar surface area (TPSA) is 79.8 Å². The first-order chi connectivity index (χ1) is 9.69. The largest absolute Gasteiger partial charge is 0.497 e. The van der Waals surface area contributed by atoms with Gasteiger partial charge in [0.15, 0.2) is 0 Å². The summed E-state index contributed by atoms with van der Waals surface area (Å²) in [6.45, 7) is 0. The maximum absolute atomic E-state index is 11.7. The maximum atomic E-state index is 11.7. The Morgan fingerprint density at radius 2 is 1.95 bits per heavy atom. The lowest BCUT2D eigenvalue weighted by molar-refractivity contribution is -0.136. The minimum absolute atomic E-state index is 0.498. The number of carbonyl (C=O) groups is 2. The van der Waals surface area contributed by atoms with Crippen LogP contribution >= 0.6 is 0 Å². The lowest BCUT2D eigenvalue weighted by Gasteiger charge is -2.06. The molecule has 0 aliphatic heterocycles. The lowest BCUT2D eigenvalue weighted by Crippen LogP contribution is -2.32. The zero-order chi connectivity index (χ0) is 14.4. The first-order valence-corrected chi connectivity index (χ1v) is 6.50. The molecule has 2 amide bonds. The highest BCUT2D eigenvalue weighted by Crippen LogP contribution is 2.16. The van der Waals surface area contributed by atoms with Crippen molar-refractivity contribution >= 4 is 23.2 Å². The van der Waals surface area contributed by atoms with Crippen molar-refractivity contribution in [1.82, 2.24) is 5.43 Å². The number of methoxy groups -OCH3 is 1. The number of carbonyl (C=O) groups excluding carboxylic acids is 2. The molecule has 0 heterocycles. The van der Waals surface area contributed by atoms with E-state index < -0.39 is 11.8 Å². The van der Waals surface area contributed by atoms with Crippen LogP contribution < -0.4 is 15.5 Å². The number of hydrogen-bond acceptors (Lipinski definition) is 4. The molecule has 2 N–H and O–H groups in total. The third-order valence-electron chi connectivity index (χ3n) is 3.03. The molecule has 106 valence electrons. The van der Waals surface area contributed by atoms with Crippen molar-refractivity contribution < 1.29 is 14.3 Å². The fraction of sp³-hybridized carbons (Fsp3) is 0.357. The summed E-state index contributed by atoms with van der Waals surface area (Å²) in [6.07, 6.45) is 3.95. The molecule has 0 aromatic heterocycles. The molecule has 0 spiro atoms. The average molecular weight is 275 g/mol. The average Bonchev–Trinajstić information content (AvgIpc) is 2.98. The van der Waals surface area contributed by atoms with Crippen LogP contribution in [0.15, 0.2) is 29.4 Å². The van der Waals surface area contributed by atoms with E-state index in [1.807, 2.05) is 0 Å². The molecule has 0 saturated heterocycles. The molecule has 0 radical (unpaired) electrons. The van der Waals surface area contributed by atoms with Crippen LogP contribution in [0.5, 0.6) is 5.75 Å². The van der Waals surface area contributed by atoms with E-state index in [2.05, 4.69) is 15.8 Å². The Bertz CT molecular complexity index is 532. The second-order valence-corrected chi connectivity index (χ2v) is 4.51. The van der Waals surface area contributed by atoms with E-state index in [4.69, 9.17) is 4.74 Å². The van der Waals surface area contributed by atoms with Gasteiger partial charge in [0, 0.05) is 17.5 Å². The van der Waals surface area contributed by atoms with Gasteiger partial charge in [0.2, 0.25) is 0 Å². The fourth-order valence-corrected chi connectivity index (χ4v) is 1.96. The van der Waals surface area contributed by atoms with Crippen molar-refractivity contribution in [2.24, 2.45) is 5.10 Å². The van der Waals surface area contributed by atoms with Crippen LogP contribution in [-0.2, 0) is 9.59 Å². The van der Waals surface area contributed by atoms with Gasteiger partial charge in [0.1, 0.15) is 5.75 Å². The number of hydrogen-bond donors (Lipinski definition) is 2. The summed E-state index contributed by atoms with van der Waals surface area (Å²) < 4.78 is 5.04. The predicted octanol–water partition coefficient (Wildman–Crippen LogP) is 1.68. The first-order valence-electron chi connectivity index (χ1n) is 6.50. The third-order valence-corrected chi connectivity index (χ3v) is 3.03. The van der Waals surface area contributed by atoms with Gasteiger partial charge in [-0.25, -0.2) is 5.43 Å². The number of benzene rings is 1. The van der Waals surface area contributed by atoms with Crippen LogP contribution in [0.25, 0.3) is 0 Å². The zero-order valence-corrected chi connectivity index (χ0v) is 11.3. The maximum Gasteiger partial charge on any atom is 0.329 e. The highest BCUT2D eigenvalue weighted by molar-refractivity contribution is 6.39. The van der Waals surface area contributed by atoms with Gasteiger partial charge >= 0.3 is 11.8 Å². The van der Waals surface area contributed by atoms with Crippen molar-refractivity contribution in [2.75, 3.05) is 12.4 Å². The Morgan fingerprint density at radius 1 is 1.20 bits per heavy atom. The Morgan fingerprint density at radius 3 is 2.65 bits per heavy atom. The van der Waals surface area contributed by atoms with E-state index in [1.54, 1.807) is 24.3 Å². The molecule has 0 bridgehead atoms. The molecule has 0 atom stereocenters. The van der Waals surface area contributed by atoms with Crippen molar-refractivity contribution in [3.8, 4) is 5.75 Å². The second-order valence-electron chi connectivity index (χ2n) is 4.51. The van der Waals surface area contributed by atoms with E-state index in [9.17, 15) is 9.59 Å². The first kappa shape index (κ1) is 14.0. The molecule has 0 unspecified atom stereocenters. The lowest BCUT2D eigenvalue weighted by atomic mass is 10.3. The van der Waals surface area contributed by atoms with E-state index in [0.717, 1.165) is 31.4 Å². The number of nitrogens with one attached hydrogen (secondary N) is 2. The quantitative estimate of drug-likeness (QED) is 0.650. The number of nitrogens with zero attached hydrogens (tertiary/aromatic N) is 1. The molecule has 1 aromatic rings. The molecule has 2 rings (SSSR count). The SMILES string of the molecule is COc1cccc(NC(=O)C(=O)NN=C2CCCC2)c1. The molecule has 1 aromatic carbocycles. The summed E-state index contributed by atoms with van der Waals surface area (Å²) in [5.74, 6) is -0.915. The van der Waals surface area contributed by atoms with Crippen LogP contribution in [0.1, 0.15) is 25.7 Å². The Labute approximate surface area is 117 Å². The fourth-order valence-electron chi connectivity index (χ4n) is 1.96. The van der Waals surface area contributed by atoms with Crippen LogP contribution in [0.4, 0.5) is 5.69 Å². The number of anilines is 1. The number of ether oxygens (including phenoxy) is 1. The molecular formula is C14H17N3O3. The summed E-state index contributed by atoms with van der Waals surface area (Å²) in [4.78, 5) is 23.3. The van der Waals surface area contributed by atoms with Crippen LogP contribution in [0, 0.1) is 0 Å². The highest BCUT2D eigenvalue weighted by atomic mass is 16.5. The number of rotatable bonds is 3. The minimum Gasteiger partial charge on any atom is -0.497 e. The van der Waals surface area contributed by atoms with Gasteiger partial charge in [-0.1, -0.05) is 6.07 Å². The Kier molecular flexibility index (Phi) is 4.70. The van der Waals surface area contributed by atoms with Gasteiger partial charge in [-0.2, -0.15) is 5.10 Å². The summed E-state index contributed by atoms with van der Waals surface area (Å²) in [5, 5.41) is 6.44. The van der Waals surface area contributed by atoms with Crippen molar-refractivity contribution in [3.63, 3.8) is 0 Å². The molecule has 1 aliphatic carbocycles. The summed E-state index contributed by atoms with van der Waals surface area (Å²) in [6, 6.07) is 6.79. The standard InChI is InChI=1S/C14H17N3O3/c1-20-12-8-4-7-11(9-12)15-13(18)14(19)17-16-10-5-2-3-6-10/h4,7-9H,2-3,5-6H2,1H3,(H,15,18)(H,17,19). The molecule has 20 heavy (non-hydrogen) atoms. The molecule has 1 fully saturated rings. The molecule has 6 heteroatoms. The van der Waals surface area contributed by atoms with Crippen LogP contribution in [-0.4, -0.2) is 24.6 Å². The molecular weight excluding hydrogens is 258 g/mol. The van der Waals surface area contributed by atoms with Crippen molar-refractivity contribution in [1.29, 1.82) is 0 Å². The van der Waals surface area contributed by atoms with E-state index in [1.165, 1.54) is 7.11 Å². The molecule has 1 saturated carbocycles. The summed E-state index contributed by atoms with van der Waals surface area (Å²) in [7, 11) is 1.53. The molecule has 1 aliphatic rings. The van der Waals surface area contributed by atoms with Crippen LogP contribution in [0.3, 0.4) is 0 Å². The van der Waals surface area contributed by atoms with Crippen molar-refractivity contribution in [2.45, 2.75) is 25.7 Å². The third kappa shape index (κ3) is 3.81. The van der Waals surface area contributed by atoms with Gasteiger partial charge < -0.3 is 10.1 Å². The molecule has 6 nitrogen and oxygen atoms in total. The number of amides is 2. The van der Waals surface area contributed by atoms with Crippen LogP contribution in [0.2, 0.25) is 0 Å². The Balaban J connectivity index is 1.90. The van der Waals surface area contributed by atoms with Gasteiger partial charge in [0.25, 0.3) is 0 Å². The normalized spacial score (nSPS) is 13.8. The highest BCUT2D eigenvalue weighted by Gasteiger charge is 2.14. The van der Waals surface area contributed by atoms with Gasteiger partial charge in [-0.15, -0.1) is 0 Å². The Hall–Kier alpha value is -2.37. The number of hydrazone groups is 1. The smallest absolute Gasteiger partial charge is 0.329 e. The van der Waals surface area contributed by atoms with E-state index in [-0.39, 0.29) is 0 Å². The van der Waals surface area contributed by atoms with Gasteiger partial charge in [-0.05, 0) is 37.8 Å². The van der Waals surface area contributed by atoms with E-state index >= 15 is 0 Å². The second kappa shape index (κ2) is 6.70. The van der Waals surface area contributed by atoms with E-state index in [0.29, 0.717) is 11.4 Å². The summed E-state index contributed by atoms with van der Waals surface area (Å²) in [5.41, 5.74) is 3.71. The van der Waals surface area contributed by atoms with Gasteiger partial charge in [-0.3, -0.25) is 9.59 Å². The van der Waals surface area contributed by atoms with Gasteiger partial charge in [0.05, 0.1) is 7.11 Å². The monoisotopic (exact) mass is 275 g/mol. The zero-order valence-electron chi connectivity index (χ0n) is 11.3. The van der Waals surface area contributed by atoms with Crippen molar-refractivity contribution in [3.05, 3.63) is 24.3 Å². The minimum atomic E-state index is -0.771. The predicted molar refractivity (Wildman–Crippen MR) is 75.7 cm³/mol.